The summed E-state index contributed by atoms with van der Waals surface area (Å²) in [4.78, 5) is 0. The van der Waals surface area contributed by atoms with Gasteiger partial charge in [-0.3, -0.25) is 0 Å². The zero-order valence-electron chi connectivity index (χ0n) is 8.50. The Morgan fingerprint density at radius 2 is 1.73 bits per heavy atom. The summed E-state index contributed by atoms with van der Waals surface area (Å²) in [5.41, 5.74) is -1.03. The quantitative estimate of drug-likeness (QED) is 0.799. The Kier molecular flexibility index (Phi) is 3.37. The minimum Gasteiger partial charge on any atom is -0.377 e. The predicted molar refractivity (Wildman–Crippen MR) is 51.1 cm³/mol. The average Bonchev–Trinajstić information content (AvgIpc) is 2.07. The standard InChI is InChI=1S/C8H15F2NO3S/c1-14-7(6-15(11,12)13)2-4-8(9,10)5-3-7/h2-6H2,1H3,(H2,11,12,13). The van der Waals surface area contributed by atoms with Crippen LogP contribution in [0.5, 0.6) is 0 Å². The van der Waals surface area contributed by atoms with E-state index in [0.29, 0.717) is 0 Å². The second-order valence-electron chi connectivity index (χ2n) is 4.05. The molecule has 0 amide bonds. The van der Waals surface area contributed by atoms with Crippen LogP contribution in [0.15, 0.2) is 0 Å². The number of halogens is 2. The highest BCUT2D eigenvalue weighted by atomic mass is 32.2. The van der Waals surface area contributed by atoms with E-state index in [1.165, 1.54) is 7.11 Å². The molecule has 0 bridgehead atoms. The zero-order valence-corrected chi connectivity index (χ0v) is 9.32. The molecule has 0 aromatic rings. The maximum absolute atomic E-state index is 12.9. The van der Waals surface area contributed by atoms with Crippen LogP contribution in [0.3, 0.4) is 0 Å². The van der Waals surface area contributed by atoms with Gasteiger partial charge >= 0.3 is 0 Å². The van der Waals surface area contributed by atoms with Crippen LogP contribution in [-0.4, -0.2) is 32.8 Å². The number of primary sulfonamides is 1. The third-order valence-electron chi connectivity index (χ3n) is 2.79. The first-order valence-electron chi connectivity index (χ1n) is 4.62. The molecule has 15 heavy (non-hydrogen) atoms. The summed E-state index contributed by atoms with van der Waals surface area (Å²) < 4.78 is 52.7. The van der Waals surface area contributed by atoms with Gasteiger partial charge in [-0.2, -0.15) is 0 Å². The minimum absolute atomic E-state index is 0.0208. The van der Waals surface area contributed by atoms with E-state index in [0.717, 1.165) is 0 Å². The topological polar surface area (TPSA) is 69.4 Å². The summed E-state index contributed by atoms with van der Waals surface area (Å²) in [6.07, 6.45) is -0.660. The van der Waals surface area contributed by atoms with Crippen molar-refractivity contribution in [1.29, 1.82) is 0 Å². The van der Waals surface area contributed by atoms with Crippen LogP contribution in [0.1, 0.15) is 25.7 Å². The number of hydrogen-bond donors (Lipinski definition) is 1. The third kappa shape index (κ3) is 3.66. The van der Waals surface area contributed by atoms with Gasteiger partial charge in [-0.25, -0.2) is 22.3 Å². The summed E-state index contributed by atoms with van der Waals surface area (Å²) in [7, 11) is -2.37. The van der Waals surface area contributed by atoms with Crippen LogP contribution in [0.25, 0.3) is 0 Å². The van der Waals surface area contributed by atoms with Crippen molar-refractivity contribution in [2.75, 3.05) is 12.9 Å². The predicted octanol–water partition coefficient (Wildman–Crippen LogP) is 0.869. The van der Waals surface area contributed by atoms with E-state index in [9.17, 15) is 17.2 Å². The smallest absolute Gasteiger partial charge is 0.248 e. The van der Waals surface area contributed by atoms with Gasteiger partial charge in [0.1, 0.15) is 0 Å². The molecule has 0 spiro atoms. The van der Waals surface area contributed by atoms with Crippen molar-refractivity contribution in [2.45, 2.75) is 37.2 Å². The number of hydrogen-bond acceptors (Lipinski definition) is 3. The fraction of sp³-hybridized carbons (Fsp3) is 1.00. The van der Waals surface area contributed by atoms with Crippen molar-refractivity contribution >= 4 is 10.0 Å². The third-order valence-corrected chi connectivity index (χ3v) is 3.72. The van der Waals surface area contributed by atoms with Gasteiger partial charge in [0.25, 0.3) is 0 Å². The molecule has 0 saturated heterocycles. The Balaban J connectivity index is 2.73. The Hall–Kier alpha value is -0.270. The largest absolute Gasteiger partial charge is 0.377 e. The molecular formula is C8H15F2NO3S. The summed E-state index contributed by atoms with van der Waals surface area (Å²) >= 11 is 0. The molecule has 0 heterocycles. The Labute approximate surface area is 87.8 Å². The number of nitrogens with two attached hydrogens (primary N) is 1. The summed E-state index contributed by atoms with van der Waals surface area (Å²) in [5, 5.41) is 4.90. The van der Waals surface area contributed by atoms with E-state index in [2.05, 4.69) is 0 Å². The van der Waals surface area contributed by atoms with Gasteiger partial charge in [-0.05, 0) is 12.8 Å². The highest BCUT2D eigenvalue weighted by Gasteiger charge is 2.45. The van der Waals surface area contributed by atoms with Crippen molar-refractivity contribution in [1.82, 2.24) is 0 Å². The maximum atomic E-state index is 12.9. The van der Waals surface area contributed by atoms with Crippen molar-refractivity contribution in [3.63, 3.8) is 0 Å². The van der Waals surface area contributed by atoms with Crippen molar-refractivity contribution in [3.8, 4) is 0 Å². The first-order chi connectivity index (χ1) is 6.68. The molecule has 4 nitrogen and oxygen atoms in total. The van der Waals surface area contributed by atoms with Crippen molar-refractivity contribution < 1.29 is 21.9 Å². The normalized spacial score (nSPS) is 25.1. The molecule has 0 radical (unpaired) electrons. The molecule has 1 fully saturated rings. The lowest BCUT2D eigenvalue weighted by atomic mass is 9.84. The summed E-state index contributed by atoms with van der Waals surface area (Å²) in [5.74, 6) is -3.10. The van der Waals surface area contributed by atoms with Gasteiger partial charge in [0, 0.05) is 20.0 Å². The first kappa shape index (κ1) is 12.8. The molecular weight excluding hydrogens is 228 g/mol. The van der Waals surface area contributed by atoms with Gasteiger partial charge in [0.2, 0.25) is 15.9 Å². The highest BCUT2D eigenvalue weighted by molar-refractivity contribution is 7.89. The molecule has 0 aliphatic heterocycles. The molecule has 7 heteroatoms. The van der Waals surface area contributed by atoms with Crippen molar-refractivity contribution in [2.24, 2.45) is 5.14 Å². The lowest BCUT2D eigenvalue weighted by molar-refractivity contribution is -0.109. The average molecular weight is 243 g/mol. The summed E-state index contributed by atoms with van der Waals surface area (Å²) in [6.45, 7) is 0. The molecule has 1 aliphatic carbocycles. The lowest BCUT2D eigenvalue weighted by Gasteiger charge is -2.38. The number of rotatable bonds is 3. The number of methoxy groups -OCH3 is 1. The van der Waals surface area contributed by atoms with Gasteiger partial charge < -0.3 is 4.74 Å². The molecule has 0 aromatic heterocycles. The monoisotopic (exact) mass is 243 g/mol. The molecule has 0 atom stereocenters. The van der Waals surface area contributed by atoms with Crippen LogP contribution >= 0.6 is 0 Å². The van der Waals surface area contributed by atoms with Crippen LogP contribution in [0, 0.1) is 0 Å². The number of sulfonamides is 1. The number of ether oxygens (including phenoxy) is 1. The Morgan fingerprint density at radius 1 is 1.27 bits per heavy atom. The Bertz CT molecular complexity index is 319. The molecule has 1 aliphatic rings. The fourth-order valence-electron chi connectivity index (χ4n) is 1.85. The molecule has 90 valence electrons. The lowest BCUT2D eigenvalue weighted by Crippen LogP contribution is -2.46. The van der Waals surface area contributed by atoms with Gasteiger partial charge in [-0.15, -0.1) is 0 Å². The van der Waals surface area contributed by atoms with Gasteiger partial charge in [-0.1, -0.05) is 0 Å². The molecule has 0 unspecified atom stereocenters. The van der Waals surface area contributed by atoms with E-state index in [-0.39, 0.29) is 25.7 Å². The zero-order chi connectivity index (χ0) is 11.7. The van der Waals surface area contributed by atoms with Crippen LogP contribution in [0.2, 0.25) is 0 Å². The second kappa shape index (κ2) is 3.95. The highest BCUT2D eigenvalue weighted by Crippen LogP contribution is 2.40. The maximum Gasteiger partial charge on any atom is 0.248 e. The fourth-order valence-corrected chi connectivity index (χ4v) is 2.99. The molecule has 1 rings (SSSR count). The van der Waals surface area contributed by atoms with E-state index in [1.54, 1.807) is 0 Å². The molecule has 0 aromatic carbocycles. The minimum atomic E-state index is -3.70. The van der Waals surface area contributed by atoms with Crippen LogP contribution < -0.4 is 5.14 Å². The van der Waals surface area contributed by atoms with E-state index in [1.807, 2.05) is 0 Å². The van der Waals surface area contributed by atoms with E-state index < -0.39 is 27.3 Å². The Morgan fingerprint density at radius 3 is 2.07 bits per heavy atom. The SMILES string of the molecule is COC1(CS(N)(=O)=O)CCC(F)(F)CC1. The summed E-state index contributed by atoms with van der Waals surface area (Å²) in [6, 6.07) is 0. The molecule has 1 saturated carbocycles. The van der Waals surface area contributed by atoms with Crippen LogP contribution in [0.4, 0.5) is 8.78 Å². The molecule has 2 N–H and O–H groups in total. The van der Waals surface area contributed by atoms with Crippen molar-refractivity contribution in [3.05, 3.63) is 0 Å². The van der Waals surface area contributed by atoms with Gasteiger partial charge in [0.05, 0.1) is 11.4 Å². The van der Waals surface area contributed by atoms with Crippen LogP contribution in [-0.2, 0) is 14.8 Å². The number of alkyl halides is 2. The second-order valence-corrected chi connectivity index (χ2v) is 5.66. The first-order valence-corrected chi connectivity index (χ1v) is 6.33. The van der Waals surface area contributed by atoms with E-state index >= 15 is 0 Å². The van der Waals surface area contributed by atoms with Gasteiger partial charge in [0.15, 0.2) is 0 Å². The van der Waals surface area contributed by atoms with E-state index in [4.69, 9.17) is 9.88 Å².